The summed E-state index contributed by atoms with van der Waals surface area (Å²) in [6, 6.07) is 0. The molecule has 2 aromatic rings. The van der Waals surface area contributed by atoms with E-state index in [0.29, 0.717) is 11.3 Å². The van der Waals surface area contributed by atoms with E-state index in [1.54, 1.807) is 0 Å². The molecule has 0 saturated carbocycles. The van der Waals surface area contributed by atoms with Gasteiger partial charge in [0.15, 0.2) is 0 Å². The summed E-state index contributed by atoms with van der Waals surface area (Å²) in [7, 11) is 0. The van der Waals surface area contributed by atoms with E-state index in [0.717, 1.165) is 4.91 Å². The van der Waals surface area contributed by atoms with Crippen molar-refractivity contribution >= 4 is 11.3 Å². The molecule has 0 atom stereocenters. The molecule has 0 aliphatic carbocycles. The molecule has 2 aromatic heterocycles. The zero-order chi connectivity index (χ0) is 6.27. The number of hydrogen-bond donors (Lipinski definition) is 2. The standard InChI is InChI=1S/C2H3N7/c3-9-6-1-2(7-9)5-8-4-1/h3H2,(H,4,5,6,7). The third-order valence-corrected chi connectivity index (χ3v) is 0.912. The highest BCUT2D eigenvalue weighted by Gasteiger charge is 2.00. The van der Waals surface area contributed by atoms with Crippen LogP contribution in [0.15, 0.2) is 0 Å². The predicted molar refractivity (Wildman–Crippen MR) is 27.6 cm³/mol. The minimum atomic E-state index is 0.428. The quantitative estimate of drug-likeness (QED) is 0.407. The first-order valence-corrected chi connectivity index (χ1v) is 2.25. The van der Waals surface area contributed by atoms with Gasteiger partial charge >= 0.3 is 0 Å². The Morgan fingerprint density at radius 1 is 1.44 bits per heavy atom. The predicted octanol–water partition coefficient (Wildman–Crippen LogP) is -1.74. The number of hydrogen-bond acceptors (Lipinski definition) is 5. The monoisotopic (exact) mass is 125 g/mol. The first kappa shape index (κ1) is 4.24. The Kier molecular flexibility index (Phi) is 0.560. The van der Waals surface area contributed by atoms with Crippen molar-refractivity contribution < 1.29 is 0 Å². The van der Waals surface area contributed by atoms with Crippen molar-refractivity contribution in [2.75, 3.05) is 5.84 Å². The molecule has 0 radical (unpaired) electrons. The molecule has 0 unspecified atom stereocenters. The average molecular weight is 125 g/mol. The van der Waals surface area contributed by atoms with E-state index in [2.05, 4.69) is 25.6 Å². The fraction of sp³-hybridized carbons (Fsp3) is 0. The van der Waals surface area contributed by atoms with Gasteiger partial charge in [-0.3, -0.25) is 0 Å². The zero-order valence-electron chi connectivity index (χ0n) is 4.31. The van der Waals surface area contributed by atoms with E-state index < -0.39 is 0 Å². The van der Waals surface area contributed by atoms with E-state index >= 15 is 0 Å². The minimum absolute atomic E-state index is 0.428. The van der Waals surface area contributed by atoms with E-state index in [4.69, 9.17) is 5.84 Å². The molecule has 0 fully saturated rings. The van der Waals surface area contributed by atoms with Crippen LogP contribution < -0.4 is 5.84 Å². The molecule has 3 N–H and O–H groups in total. The van der Waals surface area contributed by atoms with Crippen LogP contribution in [0.25, 0.3) is 11.3 Å². The number of aromatic amines is 1. The Bertz CT molecular complexity index is 288. The van der Waals surface area contributed by atoms with Crippen molar-refractivity contribution in [2.24, 2.45) is 0 Å². The van der Waals surface area contributed by atoms with Crippen molar-refractivity contribution in [2.45, 2.75) is 0 Å². The van der Waals surface area contributed by atoms with Crippen LogP contribution in [0.2, 0.25) is 0 Å². The van der Waals surface area contributed by atoms with Gasteiger partial charge in [-0.15, -0.1) is 15.3 Å². The summed E-state index contributed by atoms with van der Waals surface area (Å²) in [5, 5.41) is 16.8. The van der Waals surface area contributed by atoms with E-state index in [9.17, 15) is 0 Å². The van der Waals surface area contributed by atoms with Gasteiger partial charge in [0.25, 0.3) is 0 Å². The normalized spacial score (nSPS) is 10.7. The van der Waals surface area contributed by atoms with E-state index in [1.807, 2.05) is 0 Å². The molecule has 0 bridgehead atoms. The fourth-order valence-electron chi connectivity index (χ4n) is 0.573. The fourth-order valence-corrected chi connectivity index (χ4v) is 0.573. The number of fused-ring (bicyclic) bond motifs is 1. The molecule has 0 aliphatic rings. The molecule has 46 valence electrons. The zero-order valence-corrected chi connectivity index (χ0v) is 4.31. The lowest BCUT2D eigenvalue weighted by molar-refractivity contribution is 0.706. The largest absolute Gasteiger partial charge is 0.306 e. The Morgan fingerprint density at radius 2 is 2.33 bits per heavy atom. The van der Waals surface area contributed by atoms with Gasteiger partial charge < -0.3 is 5.84 Å². The van der Waals surface area contributed by atoms with Gasteiger partial charge in [-0.1, -0.05) is 10.1 Å². The van der Waals surface area contributed by atoms with Gasteiger partial charge in [-0.2, -0.15) is 0 Å². The highest BCUT2D eigenvalue weighted by atomic mass is 15.6. The summed E-state index contributed by atoms with van der Waals surface area (Å²) in [5.74, 6) is 5.14. The van der Waals surface area contributed by atoms with Gasteiger partial charge in [-0.25, -0.2) is 5.10 Å². The smallest absolute Gasteiger partial charge is 0.245 e. The summed E-state index contributed by atoms with van der Waals surface area (Å²) in [5.41, 5.74) is 0.926. The molecule has 0 aliphatic heterocycles. The molecule has 9 heavy (non-hydrogen) atoms. The van der Waals surface area contributed by atoms with Crippen LogP contribution in [0.1, 0.15) is 0 Å². The first-order chi connectivity index (χ1) is 4.36. The summed E-state index contributed by atoms with van der Waals surface area (Å²) >= 11 is 0. The Balaban J connectivity index is 2.92. The summed E-state index contributed by atoms with van der Waals surface area (Å²) in [4.78, 5) is 0.940. The number of nitrogens with zero attached hydrogens (tertiary/aromatic N) is 5. The molecular formula is C2H3N7. The van der Waals surface area contributed by atoms with Crippen LogP contribution >= 0.6 is 0 Å². The van der Waals surface area contributed by atoms with Crippen molar-refractivity contribution in [1.29, 1.82) is 0 Å². The maximum Gasteiger partial charge on any atom is 0.245 e. The molecule has 7 nitrogen and oxygen atoms in total. The van der Waals surface area contributed by atoms with Gasteiger partial charge in [0.1, 0.15) is 0 Å². The topological polar surface area (TPSA) is 98.3 Å². The third kappa shape index (κ3) is 0.447. The number of rotatable bonds is 0. The van der Waals surface area contributed by atoms with Gasteiger partial charge in [0.05, 0.1) is 0 Å². The van der Waals surface area contributed by atoms with Crippen LogP contribution in [0.5, 0.6) is 0 Å². The van der Waals surface area contributed by atoms with Crippen LogP contribution in [0.3, 0.4) is 0 Å². The molecule has 7 heteroatoms. The van der Waals surface area contributed by atoms with E-state index in [-0.39, 0.29) is 0 Å². The third-order valence-electron chi connectivity index (χ3n) is 0.912. The summed E-state index contributed by atoms with van der Waals surface area (Å²) in [6.07, 6.45) is 0. The average Bonchev–Trinajstić information content (AvgIpc) is 2.22. The van der Waals surface area contributed by atoms with Crippen LogP contribution in [-0.2, 0) is 0 Å². The lowest BCUT2D eigenvalue weighted by Gasteiger charge is -1.77. The summed E-state index contributed by atoms with van der Waals surface area (Å²) in [6.45, 7) is 0. The number of nitrogen functional groups attached to an aromatic ring is 1. The number of nitrogens with two attached hydrogens (primary N) is 1. The molecule has 2 rings (SSSR count). The molecule has 2 heterocycles. The van der Waals surface area contributed by atoms with Crippen molar-refractivity contribution in [3.05, 3.63) is 0 Å². The second-order valence-electron chi connectivity index (χ2n) is 1.50. The second-order valence-corrected chi connectivity index (χ2v) is 1.50. The first-order valence-electron chi connectivity index (χ1n) is 2.25. The lowest BCUT2D eigenvalue weighted by atomic mass is 10.8. The van der Waals surface area contributed by atoms with Crippen LogP contribution in [-0.4, -0.2) is 30.5 Å². The van der Waals surface area contributed by atoms with Gasteiger partial charge in [-0.05, 0) is 0 Å². The second kappa shape index (κ2) is 1.19. The van der Waals surface area contributed by atoms with Crippen LogP contribution in [0.4, 0.5) is 0 Å². The Labute approximate surface area is 48.8 Å². The van der Waals surface area contributed by atoms with Crippen molar-refractivity contribution in [3.63, 3.8) is 0 Å². The minimum Gasteiger partial charge on any atom is -0.306 e. The summed E-state index contributed by atoms with van der Waals surface area (Å²) < 4.78 is 0. The Morgan fingerprint density at radius 3 is 3.11 bits per heavy atom. The lowest BCUT2D eigenvalue weighted by Crippen LogP contribution is -2.11. The van der Waals surface area contributed by atoms with E-state index in [1.165, 1.54) is 0 Å². The molecule has 0 amide bonds. The molecular weight excluding hydrogens is 122 g/mol. The Hall–Kier alpha value is -1.66. The van der Waals surface area contributed by atoms with Gasteiger partial charge in [0.2, 0.25) is 11.3 Å². The molecule has 0 saturated heterocycles. The van der Waals surface area contributed by atoms with Crippen LogP contribution in [0, 0.1) is 0 Å². The number of aromatic nitrogens is 6. The highest BCUT2D eigenvalue weighted by molar-refractivity contribution is 5.61. The molecule has 0 aromatic carbocycles. The maximum atomic E-state index is 5.14. The van der Waals surface area contributed by atoms with Crippen molar-refractivity contribution in [1.82, 2.24) is 30.5 Å². The van der Waals surface area contributed by atoms with Crippen molar-refractivity contribution in [3.8, 4) is 0 Å². The molecule has 0 spiro atoms. The number of nitrogens with one attached hydrogen (secondary N) is 1. The number of H-pyrrole nitrogens is 1. The van der Waals surface area contributed by atoms with Gasteiger partial charge in [0, 0.05) is 0 Å². The SMILES string of the molecule is Nn1nc2nn[nH]c2n1. The highest BCUT2D eigenvalue weighted by Crippen LogP contribution is 1.94. The maximum absolute atomic E-state index is 5.14.